The maximum absolute atomic E-state index is 12.0. The summed E-state index contributed by atoms with van der Waals surface area (Å²) in [4.78, 5) is 12.0. The summed E-state index contributed by atoms with van der Waals surface area (Å²) >= 11 is 0. The number of ether oxygens (including phenoxy) is 3. The average Bonchev–Trinajstić information content (AvgIpc) is 2.54. The van der Waals surface area contributed by atoms with Crippen LogP contribution in [0.5, 0.6) is 17.2 Å². The minimum Gasteiger partial charge on any atom is -0.497 e. The van der Waals surface area contributed by atoms with Gasteiger partial charge in [-0.2, -0.15) is 0 Å². The molecule has 0 aliphatic carbocycles. The Morgan fingerprint density at radius 1 is 0.952 bits per heavy atom. The van der Waals surface area contributed by atoms with Crippen LogP contribution in [0.4, 0.5) is 0 Å². The van der Waals surface area contributed by atoms with Crippen molar-refractivity contribution in [2.24, 2.45) is 0 Å². The zero-order valence-electron chi connectivity index (χ0n) is 12.2. The number of benzene rings is 2. The average molecular weight is 286 g/mol. The highest BCUT2D eigenvalue weighted by Gasteiger charge is 2.07. The van der Waals surface area contributed by atoms with Gasteiger partial charge in [0, 0.05) is 11.6 Å². The molecule has 0 fully saturated rings. The molecular formula is C17H18O4. The summed E-state index contributed by atoms with van der Waals surface area (Å²) in [5.74, 6) is 1.97. The van der Waals surface area contributed by atoms with Gasteiger partial charge in [0.25, 0.3) is 0 Å². The molecule has 0 aliphatic rings. The molecule has 0 N–H and O–H groups in total. The molecule has 21 heavy (non-hydrogen) atoms. The SMILES string of the molecule is CCOc1ccc(C(=O)COc2cccc(OC)c2)cc1. The Labute approximate surface area is 124 Å². The Morgan fingerprint density at radius 3 is 2.33 bits per heavy atom. The van der Waals surface area contributed by atoms with Crippen LogP contribution in [0.25, 0.3) is 0 Å². The Morgan fingerprint density at radius 2 is 1.67 bits per heavy atom. The van der Waals surface area contributed by atoms with Crippen LogP contribution in [0.2, 0.25) is 0 Å². The molecule has 0 aliphatic heterocycles. The van der Waals surface area contributed by atoms with E-state index < -0.39 is 0 Å². The van der Waals surface area contributed by atoms with Gasteiger partial charge in [0.2, 0.25) is 0 Å². The molecule has 2 rings (SSSR count). The molecule has 110 valence electrons. The van der Waals surface area contributed by atoms with E-state index in [-0.39, 0.29) is 12.4 Å². The van der Waals surface area contributed by atoms with Crippen molar-refractivity contribution in [1.82, 2.24) is 0 Å². The molecule has 0 radical (unpaired) electrons. The zero-order valence-corrected chi connectivity index (χ0v) is 12.2. The molecule has 0 atom stereocenters. The van der Waals surface area contributed by atoms with Gasteiger partial charge < -0.3 is 14.2 Å². The highest BCUT2D eigenvalue weighted by atomic mass is 16.5. The summed E-state index contributed by atoms with van der Waals surface area (Å²) in [5, 5.41) is 0. The van der Waals surface area contributed by atoms with Crippen LogP contribution in [0.15, 0.2) is 48.5 Å². The quantitative estimate of drug-likeness (QED) is 0.732. The molecule has 0 aromatic heterocycles. The van der Waals surface area contributed by atoms with Gasteiger partial charge in [-0.3, -0.25) is 4.79 Å². The van der Waals surface area contributed by atoms with E-state index in [0.29, 0.717) is 23.7 Å². The lowest BCUT2D eigenvalue weighted by Gasteiger charge is -2.08. The monoisotopic (exact) mass is 286 g/mol. The highest BCUT2D eigenvalue weighted by Crippen LogP contribution is 2.19. The third kappa shape index (κ3) is 4.24. The van der Waals surface area contributed by atoms with E-state index in [1.807, 2.05) is 19.1 Å². The van der Waals surface area contributed by atoms with Crippen LogP contribution in [0.3, 0.4) is 0 Å². The minimum absolute atomic E-state index is 0.0127. The molecule has 0 bridgehead atoms. The Kier molecular flexibility index (Phi) is 5.21. The lowest BCUT2D eigenvalue weighted by atomic mass is 10.1. The van der Waals surface area contributed by atoms with Crippen molar-refractivity contribution in [1.29, 1.82) is 0 Å². The Balaban J connectivity index is 1.94. The van der Waals surface area contributed by atoms with Crippen molar-refractivity contribution in [2.45, 2.75) is 6.92 Å². The molecule has 0 amide bonds. The van der Waals surface area contributed by atoms with Crippen molar-refractivity contribution in [3.63, 3.8) is 0 Å². The number of Topliss-reactive ketones (excluding diaryl/α,β-unsaturated/α-hetero) is 1. The fraction of sp³-hybridized carbons (Fsp3) is 0.235. The summed E-state index contributed by atoms with van der Waals surface area (Å²) < 4.78 is 15.9. The van der Waals surface area contributed by atoms with Crippen molar-refractivity contribution in [3.8, 4) is 17.2 Å². The molecule has 0 saturated heterocycles. The van der Waals surface area contributed by atoms with Crippen LogP contribution >= 0.6 is 0 Å². The number of hydrogen-bond acceptors (Lipinski definition) is 4. The third-order valence-electron chi connectivity index (χ3n) is 2.90. The topological polar surface area (TPSA) is 44.8 Å². The van der Waals surface area contributed by atoms with Crippen LogP contribution in [-0.2, 0) is 0 Å². The van der Waals surface area contributed by atoms with Gasteiger partial charge in [-0.15, -0.1) is 0 Å². The second kappa shape index (κ2) is 7.33. The number of ketones is 1. The molecular weight excluding hydrogens is 268 g/mol. The maximum atomic E-state index is 12.0. The van der Waals surface area contributed by atoms with Gasteiger partial charge in [0.1, 0.15) is 17.2 Å². The molecule has 0 saturated carbocycles. The summed E-state index contributed by atoms with van der Waals surface area (Å²) in [6, 6.07) is 14.2. The smallest absolute Gasteiger partial charge is 0.200 e. The van der Waals surface area contributed by atoms with E-state index in [2.05, 4.69) is 0 Å². The summed E-state index contributed by atoms with van der Waals surface area (Å²) in [6.45, 7) is 2.51. The van der Waals surface area contributed by atoms with Crippen molar-refractivity contribution >= 4 is 5.78 Å². The number of carbonyl (C=O) groups excluding carboxylic acids is 1. The van der Waals surface area contributed by atoms with E-state index in [4.69, 9.17) is 14.2 Å². The molecule has 0 heterocycles. The largest absolute Gasteiger partial charge is 0.497 e. The second-order valence-corrected chi connectivity index (χ2v) is 4.35. The predicted octanol–water partition coefficient (Wildman–Crippen LogP) is 3.36. The van der Waals surface area contributed by atoms with Crippen molar-refractivity contribution in [2.75, 3.05) is 20.3 Å². The van der Waals surface area contributed by atoms with Crippen molar-refractivity contribution < 1.29 is 19.0 Å². The van der Waals surface area contributed by atoms with E-state index in [0.717, 1.165) is 5.75 Å². The Bertz CT molecular complexity index is 590. The van der Waals surface area contributed by atoms with Crippen LogP contribution < -0.4 is 14.2 Å². The van der Waals surface area contributed by atoms with Crippen molar-refractivity contribution in [3.05, 3.63) is 54.1 Å². The highest BCUT2D eigenvalue weighted by molar-refractivity contribution is 5.97. The fourth-order valence-corrected chi connectivity index (χ4v) is 1.83. The van der Waals surface area contributed by atoms with Gasteiger partial charge >= 0.3 is 0 Å². The molecule has 0 spiro atoms. The van der Waals surface area contributed by atoms with Gasteiger partial charge in [0.05, 0.1) is 13.7 Å². The van der Waals surface area contributed by atoms with Gasteiger partial charge in [0.15, 0.2) is 12.4 Å². The molecule has 4 heteroatoms. The first-order valence-electron chi connectivity index (χ1n) is 6.76. The summed E-state index contributed by atoms with van der Waals surface area (Å²) in [5.41, 5.74) is 0.598. The summed E-state index contributed by atoms with van der Waals surface area (Å²) in [6.07, 6.45) is 0. The predicted molar refractivity (Wildman–Crippen MR) is 80.4 cm³/mol. The fourth-order valence-electron chi connectivity index (χ4n) is 1.83. The van der Waals surface area contributed by atoms with Gasteiger partial charge in [-0.25, -0.2) is 0 Å². The summed E-state index contributed by atoms with van der Waals surface area (Å²) in [7, 11) is 1.59. The number of carbonyl (C=O) groups is 1. The van der Waals surface area contributed by atoms with Crippen LogP contribution in [0, 0.1) is 0 Å². The molecule has 4 nitrogen and oxygen atoms in total. The maximum Gasteiger partial charge on any atom is 0.200 e. The lowest BCUT2D eigenvalue weighted by molar-refractivity contribution is 0.0921. The first-order valence-corrected chi connectivity index (χ1v) is 6.76. The second-order valence-electron chi connectivity index (χ2n) is 4.35. The van der Waals surface area contributed by atoms with Crippen LogP contribution in [0.1, 0.15) is 17.3 Å². The van der Waals surface area contributed by atoms with E-state index in [1.54, 1.807) is 43.5 Å². The molecule has 2 aromatic carbocycles. The first-order chi connectivity index (χ1) is 10.2. The van der Waals surface area contributed by atoms with E-state index >= 15 is 0 Å². The lowest BCUT2D eigenvalue weighted by Crippen LogP contribution is -2.11. The Hall–Kier alpha value is -2.49. The zero-order chi connectivity index (χ0) is 15.1. The van der Waals surface area contributed by atoms with Gasteiger partial charge in [-0.05, 0) is 43.3 Å². The number of hydrogen-bond donors (Lipinski definition) is 0. The standard InChI is InChI=1S/C17H18O4/c1-3-20-14-9-7-13(8-10-14)17(18)12-21-16-6-4-5-15(11-16)19-2/h4-11H,3,12H2,1-2H3. The van der Waals surface area contributed by atoms with E-state index in [9.17, 15) is 4.79 Å². The number of methoxy groups -OCH3 is 1. The normalized spacial score (nSPS) is 10.0. The molecule has 2 aromatic rings. The van der Waals surface area contributed by atoms with E-state index in [1.165, 1.54) is 0 Å². The van der Waals surface area contributed by atoms with Crippen LogP contribution in [-0.4, -0.2) is 26.1 Å². The van der Waals surface area contributed by atoms with Gasteiger partial charge in [-0.1, -0.05) is 6.07 Å². The first kappa shape index (κ1) is 14.9. The molecule has 0 unspecified atom stereocenters. The minimum atomic E-state index is -0.0825. The number of rotatable bonds is 7. The third-order valence-corrected chi connectivity index (χ3v) is 2.90.